The first-order valence-corrected chi connectivity index (χ1v) is 6.20. The van der Waals surface area contributed by atoms with Crippen molar-refractivity contribution in [2.45, 2.75) is 26.8 Å². The molecule has 4 heteroatoms. The summed E-state index contributed by atoms with van der Waals surface area (Å²) >= 11 is 0. The van der Waals surface area contributed by atoms with Crippen LogP contribution in [0.3, 0.4) is 0 Å². The average Bonchev–Trinajstić information content (AvgIpc) is 2.70. The fourth-order valence-corrected chi connectivity index (χ4v) is 2.10. The second-order valence-electron chi connectivity index (χ2n) is 4.93. The summed E-state index contributed by atoms with van der Waals surface area (Å²) in [4.78, 5) is 11.5. The molecule has 0 bridgehead atoms. The number of nitrogens with two attached hydrogens (primary N) is 1. The molecule has 96 valence electrons. The Morgan fingerprint density at radius 3 is 2.39 bits per heavy atom. The monoisotopic (exact) mass is 245 g/mol. The van der Waals surface area contributed by atoms with Gasteiger partial charge in [-0.1, -0.05) is 38.1 Å². The number of aromatic amines is 2. The van der Waals surface area contributed by atoms with E-state index in [1.165, 1.54) is 5.56 Å². The van der Waals surface area contributed by atoms with E-state index in [-0.39, 0.29) is 12.1 Å². The average molecular weight is 245 g/mol. The van der Waals surface area contributed by atoms with Gasteiger partial charge >= 0.3 is 0 Å². The lowest BCUT2D eigenvalue weighted by Gasteiger charge is -2.06. The van der Waals surface area contributed by atoms with Crippen LogP contribution in [0.4, 0.5) is 0 Å². The predicted octanol–water partition coefficient (Wildman–Crippen LogP) is 2.03. The van der Waals surface area contributed by atoms with Crippen LogP contribution in [0.15, 0.2) is 29.1 Å². The van der Waals surface area contributed by atoms with Crippen LogP contribution in [-0.2, 0) is 13.0 Å². The van der Waals surface area contributed by atoms with Crippen molar-refractivity contribution in [2.75, 3.05) is 0 Å². The van der Waals surface area contributed by atoms with Gasteiger partial charge < -0.3 is 5.73 Å². The second kappa shape index (κ2) is 5.23. The molecule has 0 spiro atoms. The van der Waals surface area contributed by atoms with E-state index >= 15 is 0 Å². The molecule has 0 aliphatic carbocycles. The van der Waals surface area contributed by atoms with Gasteiger partial charge in [0.05, 0.1) is 11.3 Å². The highest BCUT2D eigenvalue weighted by Gasteiger charge is 2.10. The van der Waals surface area contributed by atoms with Crippen LogP contribution < -0.4 is 11.3 Å². The zero-order chi connectivity index (χ0) is 13.1. The van der Waals surface area contributed by atoms with Crippen molar-refractivity contribution in [2.24, 2.45) is 11.7 Å². The van der Waals surface area contributed by atoms with E-state index in [0.717, 1.165) is 17.7 Å². The molecule has 1 heterocycles. The Morgan fingerprint density at radius 1 is 1.17 bits per heavy atom. The van der Waals surface area contributed by atoms with E-state index in [2.05, 4.69) is 36.2 Å². The second-order valence-corrected chi connectivity index (χ2v) is 4.93. The van der Waals surface area contributed by atoms with Crippen molar-refractivity contribution in [1.82, 2.24) is 10.2 Å². The van der Waals surface area contributed by atoms with Crippen LogP contribution >= 0.6 is 0 Å². The summed E-state index contributed by atoms with van der Waals surface area (Å²) in [6, 6.07) is 8.24. The molecule has 0 atom stereocenters. The van der Waals surface area contributed by atoms with Gasteiger partial charge in [-0.05, 0) is 23.5 Å². The third kappa shape index (κ3) is 2.54. The fourth-order valence-electron chi connectivity index (χ4n) is 2.10. The Morgan fingerprint density at radius 2 is 1.83 bits per heavy atom. The van der Waals surface area contributed by atoms with Crippen molar-refractivity contribution in [3.8, 4) is 11.3 Å². The van der Waals surface area contributed by atoms with Gasteiger partial charge in [0.2, 0.25) is 0 Å². The molecule has 4 N–H and O–H groups in total. The van der Waals surface area contributed by atoms with Gasteiger partial charge in [-0.2, -0.15) is 0 Å². The Hall–Kier alpha value is -1.81. The topological polar surface area (TPSA) is 74.7 Å². The summed E-state index contributed by atoms with van der Waals surface area (Å²) in [6.45, 7) is 4.63. The molecule has 0 aliphatic heterocycles. The predicted molar refractivity (Wildman–Crippen MR) is 73.3 cm³/mol. The molecule has 4 nitrogen and oxygen atoms in total. The fraction of sp³-hybridized carbons (Fsp3) is 0.357. The number of hydrogen-bond donors (Lipinski definition) is 3. The zero-order valence-electron chi connectivity index (χ0n) is 10.8. The summed E-state index contributed by atoms with van der Waals surface area (Å²) in [5.74, 6) is 0.641. The minimum atomic E-state index is -0.140. The summed E-state index contributed by atoms with van der Waals surface area (Å²) < 4.78 is 0. The van der Waals surface area contributed by atoms with Crippen molar-refractivity contribution >= 4 is 0 Å². The molecular weight excluding hydrogens is 226 g/mol. The number of benzene rings is 1. The van der Waals surface area contributed by atoms with Crippen molar-refractivity contribution < 1.29 is 0 Å². The van der Waals surface area contributed by atoms with E-state index in [1.807, 2.05) is 12.1 Å². The highest BCUT2D eigenvalue weighted by atomic mass is 16.1. The lowest BCUT2D eigenvalue weighted by Crippen LogP contribution is -2.10. The summed E-state index contributed by atoms with van der Waals surface area (Å²) in [5, 5.41) is 5.46. The summed E-state index contributed by atoms with van der Waals surface area (Å²) in [6.07, 6.45) is 1.06. The molecule has 0 saturated carbocycles. The van der Waals surface area contributed by atoms with Gasteiger partial charge in [-0.15, -0.1) is 0 Å². The maximum Gasteiger partial charge on any atom is 0.269 e. The number of H-pyrrole nitrogens is 2. The van der Waals surface area contributed by atoms with Crippen molar-refractivity contribution in [1.29, 1.82) is 0 Å². The number of aromatic nitrogens is 2. The molecule has 0 fully saturated rings. The number of nitrogens with one attached hydrogen (secondary N) is 2. The first-order valence-electron chi connectivity index (χ1n) is 6.20. The molecule has 0 amide bonds. The first-order chi connectivity index (χ1) is 8.61. The molecule has 1 aromatic carbocycles. The molecule has 2 rings (SSSR count). The van der Waals surface area contributed by atoms with Gasteiger partial charge in [-0.25, -0.2) is 0 Å². The smallest absolute Gasteiger partial charge is 0.269 e. The standard InChI is InChI=1S/C14H19N3O/c1-9(2)7-10-3-5-11(6-4-10)13-12(8-15)14(18)17-16-13/h3-6,9H,7-8,15H2,1-2H3,(H2,16,17,18). The Labute approximate surface area is 106 Å². The minimum absolute atomic E-state index is 0.140. The van der Waals surface area contributed by atoms with Crippen molar-refractivity contribution in [3.05, 3.63) is 45.7 Å². The highest BCUT2D eigenvalue weighted by molar-refractivity contribution is 5.62. The maximum atomic E-state index is 11.5. The molecule has 0 aliphatic rings. The van der Waals surface area contributed by atoms with Gasteiger partial charge in [-0.3, -0.25) is 15.0 Å². The van der Waals surface area contributed by atoms with E-state index in [9.17, 15) is 4.79 Å². The molecule has 0 unspecified atom stereocenters. The largest absolute Gasteiger partial charge is 0.326 e. The lowest BCUT2D eigenvalue weighted by atomic mass is 10.00. The molecule has 0 radical (unpaired) electrons. The van der Waals surface area contributed by atoms with E-state index in [4.69, 9.17) is 5.73 Å². The van der Waals surface area contributed by atoms with Crippen LogP contribution in [0.1, 0.15) is 25.0 Å². The van der Waals surface area contributed by atoms with Crippen LogP contribution in [0.25, 0.3) is 11.3 Å². The first kappa shape index (κ1) is 12.6. The Balaban J connectivity index is 2.31. The van der Waals surface area contributed by atoms with Gasteiger partial charge in [0, 0.05) is 6.54 Å². The third-order valence-corrected chi connectivity index (χ3v) is 2.97. The Kier molecular flexibility index (Phi) is 3.67. The summed E-state index contributed by atoms with van der Waals surface area (Å²) in [5.41, 5.74) is 9.14. The zero-order valence-corrected chi connectivity index (χ0v) is 10.8. The summed E-state index contributed by atoms with van der Waals surface area (Å²) in [7, 11) is 0. The van der Waals surface area contributed by atoms with Crippen LogP contribution in [0, 0.1) is 5.92 Å². The third-order valence-electron chi connectivity index (χ3n) is 2.97. The van der Waals surface area contributed by atoms with Crippen LogP contribution in [0.5, 0.6) is 0 Å². The van der Waals surface area contributed by atoms with E-state index in [1.54, 1.807) is 0 Å². The normalized spacial score (nSPS) is 11.1. The number of hydrogen-bond acceptors (Lipinski definition) is 2. The molecular formula is C14H19N3O. The van der Waals surface area contributed by atoms with Crippen LogP contribution in [-0.4, -0.2) is 10.2 Å². The SMILES string of the molecule is CC(C)Cc1ccc(-c2[nH][nH]c(=O)c2CN)cc1. The Bertz CT molecular complexity index is 563. The molecule has 18 heavy (non-hydrogen) atoms. The highest BCUT2D eigenvalue weighted by Crippen LogP contribution is 2.20. The molecule has 1 aromatic heterocycles. The van der Waals surface area contributed by atoms with Gasteiger partial charge in [0.25, 0.3) is 5.56 Å². The number of rotatable bonds is 4. The van der Waals surface area contributed by atoms with Gasteiger partial charge in [0.15, 0.2) is 0 Å². The molecule has 0 saturated heterocycles. The van der Waals surface area contributed by atoms with E-state index < -0.39 is 0 Å². The van der Waals surface area contributed by atoms with Crippen LogP contribution in [0.2, 0.25) is 0 Å². The quantitative estimate of drug-likeness (QED) is 0.771. The van der Waals surface area contributed by atoms with Crippen molar-refractivity contribution in [3.63, 3.8) is 0 Å². The lowest BCUT2D eigenvalue weighted by molar-refractivity contribution is 0.647. The van der Waals surface area contributed by atoms with Gasteiger partial charge in [0.1, 0.15) is 0 Å². The molecule has 2 aromatic rings. The maximum absolute atomic E-state index is 11.5. The minimum Gasteiger partial charge on any atom is -0.326 e. The van der Waals surface area contributed by atoms with E-state index in [0.29, 0.717) is 11.5 Å².